The van der Waals surface area contributed by atoms with E-state index < -0.39 is 0 Å². The van der Waals surface area contributed by atoms with Gasteiger partial charge in [-0.25, -0.2) is 4.79 Å². The lowest BCUT2D eigenvalue weighted by atomic mass is 9.82. The van der Waals surface area contributed by atoms with Crippen molar-refractivity contribution >= 4 is 5.97 Å². The van der Waals surface area contributed by atoms with Gasteiger partial charge < -0.3 is 14.8 Å². The molecule has 1 aromatic carbocycles. The fraction of sp³-hybridized carbons (Fsp3) is 0.417. The number of ether oxygens (including phenoxy) is 2. The summed E-state index contributed by atoms with van der Waals surface area (Å²) < 4.78 is 10.3. The van der Waals surface area contributed by atoms with Crippen LogP contribution in [0.25, 0.3) is 0 Å². The van der Waals surface area contributed by atoms with E-state index >= 15 is 0 Å². The number of methoxy groups -OCH3 is 1. The van der Waals surface area contributed by atoms with Crippen molar-refractivity contribution in [2.24, 2.45) is 0 Å². The van der Waals surface area contributed by atoms with Gasteiger partial charge in [-0.1, -0.05) is 0 Å². The molecule has 0 radical (unpaired) electrons. The highest BCUT2D eigenvalue weighted by atomic mass is 16.5. The molecular weight excluding hydrogens is 206 g/mol. The van der Waals surface area contributed by atoms with Gasteiger partial charge in [0, 0.05) is 5.56 Å². The van der Waals surface area contributed by atoms with Crippen LogP contribution in [-0.2, 0) is 10.3 Å². The monoisotopic (exact) mass is 219 g/mol. The molecule has 4 heteroatoms. The van der Waals surface area contributed by atoms with Gasteiger partial charge in [0.2, 0.25) is 0 Å². The maximum absolute atomic E-state index is 11.4. The van der Waals surface area contributed by atoms with Crippen molar-refractivity contribution < 1.29 is 14.3 Å². The van der Waals surface area contributed by atoms with Gasteiger partial charge in [-0.3, -0.25) is 0 Å². The normalized spacial score (nSPS) is 25.8. The Morgan fingerprint density at radius 1 is 1.56 bits per heavy atom. The van der Waals surface area contributed by atoms with Crippen LogP contribution in [0, 0.1) is 0 Å². The molecule has 0 bridgehead atoms. The van der Waals surface area contributed by atoms with E-state index in [4.69, 9.17) is 9.47 Å². The summed E-state index contributed by atoms with van der Waals surface area (Å²) in [5, 5.41) is 3.38. The van der Waals surface area contributed by atoms with Gasteiger partial charge in [0.05, 0.1) is 18.2 Å². The first-order chi connectivity index (χ1) is 7.75. The molecule has 1 aromatic rings. The van der Waals surface area contributed by atoms with E-state index in [1.165, 1.54) is 7.11 Å². The van der Waals surface area contributed by atoms with Crippen LogP contribution >= 0.6 is 0 Å². The van der Waals surface area contributed by atoms with Crippen LogP contribution < -0.4 is 10.1 Å². The van der Waals surface area contributed by atoms with Crippen molar-refractivity contribution in [1.82, 2.24) is 5.32 Å². The maximum Gasteiger partial charge on any atom is 0.337 e. The van der Waals surface area contributed by atoms with Crippen molar-refractivity contribution in [1.29, 1.82) is 0 Å². The second-order valence-electron chi connectivity index (χ2n) is 4.25. The molecule has 16 heavy (non-hydrogen) atoms. The second-order valence-corrected chi connectivity index (χ2v) is 4.25. The maximum atomic E-state index is 11.4. The van der Waals surface area contributed by atoms with Crippen LogP contribution in [0.4, 0.5) is 0 Å². The van der Waals surface area contributed by atoms with Crippen LogP contribution in [0.1, 0.15) is 22.3 Å². The Hall–Kier alpha value is -1.55. The summed E-state index contributed by atoms with van der Waals surface area (Å²) in [7, 11) is 1.39. The van der Waals surface area contributed by atoms with E-state index in [2.05, 4.69) is 5.32 Å². The van der Waals surface area contributed by atoms with E-state index in [-0.39, 0.29) is 11.5 Å². The number of rotatable bonds is 1. The highest BCUT2D eigenvalue weighted by Crippen LogP contribution is 2.43. The van der Waals surface area contributed by atoms with E-state index in [9.17, 15) is 4.79 Å². The van der Waals surface area contributed by atoms with Gasteiger partial charge in [-0.2, -0.15) is 0 Å². The average Bonchev–Trinajstić information content (AvgIpc) is 2.66. The molecule has 2 aliphatic rings. The minimum absolute atomic E-state index is 0.0562. The first-order valence-corrected chi connectivity index (χ1v) is 5.36. The predicted molar refractivity (Wildman–Crippen MR) is 57.6 cm³/mol. The zero-order chi connectivity index (χ0) is 11.2. The third kappa shape index (κ3) is 1.16. The molecule has 1 fully saturated rings. The number of hydrogen-bond acceptors (Lipinski definition) is 4. The van der Waals surface area contributed by atoms with Crippen LogP contribution in [0.15, 0.2) is 18.2 Å². The Balaban J connectivity index is 2.03. The highest BCUT2D eigenvalue weighted by molar-refractivity contribution is 5.90. The summed E-state index contributed by atoms with van der Waals surface area (Å²) in [6.07, 6.45) is 1.06. The standard InChI is InChI=1S/C12H13NO3/c1-15-11(14)8-2-3-10-9(6-8)12(7-16-10)4-5-13-12/h2-3,6,13H,4-5,7H2,1H3/t12-/m0/s1. The van der Waals surface area contributed by atoms with E-state index in [1.807, 2.05) is 12.1 Å². The Bertz CT molecular complexity index is 452. The van der Waals surface area contributed by atoms with E-state index in [1.54, 1.807) is 6.07 Å². The quantitative estimate of drug-likeness (QED) is 0.717. The van der Waals surface area contributed by atoms with Crippen LogP contribution in [0.5, 0.6) is 5.75 Å². The number of benzene rings is 1. The van der Waals surface area contributed by atoms with Crippen molar-refractivity contribution in [2.75, 3.05) is 20.3 Å². The lowest BCUT2D eigenvalue weighted by Crippen LogP contribution is -2.55. The fourth-order valence-electron chi connectivity index (χ4n) is 2.33. The molecule has 1 N–H and O–H groups in total. The predicted octanol–water partition coefficient (Wildman–Crippen LogP) is 1.05. The zero-order valence-corrected chi connectivity index (χ0v) is 9.08. The van der Waals surface area contributed by atoms with Crippen molar-refractivity contribution in [2.45, 2.75) is 12.0 Å². The van der Waals surface area contributed by atoms with E-state index in [0.717, 1.165) is 24.3 Å². The topological polar surface area (TPSA) is 47.6 Å². The van der Waals surface area contributed by atoms with E-state index in [0.29, 0.717) is 12.2 Å². The van der Waals surface area contributed by atoms with Gasteiger partial charge in [0.25, 0.3) is 0 Å². The molecule has 1 atom stereocenters. The Labute approximate surface area is 93.5 Å². The van der Waals surface area contributed by atoms with Crippen LogP contribution in [0.2, 0.25) is 0 Å². The summed E-state index contributed by atoms with van der Waals surface area (Å²) in [5.74, 6) is 0.573. The Morgan fingerprint density at radius 2 is 2.38 bits per heavy atom. The minimum atomic E-state index is -0.302. The fourth-order valence-corrected chi connectivity index (χ4v) is 2.33. The van der Waals surface area contributed by atoms with Gasteiger partial charge in [0.1, 0.15) is 12.4 Å². The van der Waals surface area contributed by atoms with Gasteiger partial charge in [-0.15, -0.1) is 0 Å². The molecule has 1 saturated heterocycles. The molecule has 84 valence electrons. The highest BCUT2D eigenvalue weighted by Gasteiger charge is 2.45. The average molecular weight is 219 g/mol. The molecule has 3 rings (SSSR count). The number of nitrogens with one attached hydrogen (secondary N) is 1. The SMILES string of the molecule is COC(=O)c1ccc2c(c1)[C@]1(CCN1)CO2. The van der Waals surface area contributed by atoms with Crippen molar-refractivity contribution in [3.05, 3.63) is 29.3 Å². The Morgan fingerprint density at radius 3 is 3.00 bits per heavy atom. The number of hydrogen-bond donors (Lipinski definition) is 1. The molecule has 0 aliphatic carbocycles. The van der Waals surface area contributed by atoms with Crippen LogP contribution in [-0.4, -0.2) is 26.2 Å². The van der Waals surface area contributed by atoms with Crippen molar-refractivity contribution in [3.63, 3.8) is 0 Å². The number of fused-ring (bicyclic) bond motifs is 2. The number of carbonyl (C=O) groups is 1. The first-order valence-electron chi connectivity index (χ1n) is 5.36. The lowest BCUT2D eigenvalue weighted by Gasteiger charge is -2.38. The molecule has 0 unspecified atom stereocenters. The largest absolute Gasteiger partial charge is 0.491 e. The number of esters is 1. The summed E-state index contributed by atoms with van der Waals surface area (Å²) in [5.41, 5.74) is 1.61. The van der Waals surface area contributed by atoms with Gasteiger partial charge in [-0.05, 0) is 31.2 Å². The lowest BCUT2D eigenvalue weighted by molar-refractivity contribution is 0.0600. The molecule has 0 amide bonds. The molecule has 0 aromatic heterocycles. The summed E-state index contributed by atoms with van der Waals surface area (Å²) in [4.78, 5) is 11.4. The van der Waals surface area contributed by atoms with Crippen LogP contribution in [0.3, 0.4) is 0 Å². The molecule has 1 spiro atoms. The zero-order valence-electron chi connectivity index (χ0n) is 9.08. The first kappa shape index (κ1) is 9.66. The second kappa shape index (κ2) is 3.22. The Kier molecular flexibility index (Phi) is 1.94. The third-order valence-corrected chi connectivity index (χ3v) is 3.41. The number of carbonyl (C=O) groups excluding carboxylic acids is 1. The molecule has 2 aliphatic heterocycles. The minimum Gasteiger partial charge on any atom is -0.491 e. The van der Waals surface area contributed by atoms with Gasteiger partial charge >= 0.3 is 5.97 Å². The molecule has 4 nitrogen and oxygen atoms in total. The molecule has 0 saturated carbocycles. The third-order valence-electron chi connectivity index (χ3n) is 3.41. The van der Waals surface area contributed by atoms with Gasteiger partial charge in [0.15, 0.2) is 0 Å². The summed E-state index contributed by atoms with van der Waals surface area (Å²) in [6.45, 7) is 1.66. The summed E-state index contributed by atoms with van der Waals surface area (Å²) in [6, 6.07) is 5.46. The molecular formula is C12H13NO3. The smallest absolute Gasteiger partial charge is 0.337 e. The summed E-state index contributed by atoms with van der Waals surface area (Å²) >= 11 is 0. The molecule has 2 heterocycles. The van der Waals surface area contributed by atoms with Crippen molar-refractivity contribution in [3.8, 4) is 5.75 Å².